The molecule has 56 valence electrons. The van der Waals surface area contributed by atoms with Crippen LogP contribution in [-0.4, -0.2) is 38.1 Å². The van der Waals surface area contributed by atoms with E-state index in [4.69, 9.17) is 0 Å². The fourth-order valence-electron chi connectivity index (χ4n) is 0.981. The number of halogens is 1. The molecule has 1 fully saturated rings. The first kappa shape index (κ1) is 9.65. The molecule has 1 aliphatic rings. The van der Waals surface area contributed by atoms with Crippen LogP contribution in [0.25, 0.3) is 0 Å². The number of hydrogen-bond acceptors (Lipinski definition) is 2. The molecular formula is C6H15IN2. The van der Waals surface area contributed by atoms with Gasteiger partial charge in [-0.25, -0.2) is 0 Å². The van der Waals surface area contributed by atoms with E-state index in [2.05, 4.69) is 17.3 Å². The summed E-state index contributed by atoms with van der Waals surface area (Å²) < 4.78 is 0. The van der Waals surface area contributed by atoms with Crippen molar-refractivity contribution in [1.82, 2.24) is 10.2 Å². The standard InChI is InChI=1S/C6H14N2.HI/c1-8-5-2-3-7-4-6-8;/h7H,2-6H2,1H3;1H. The Bertz CT molecular complexity index is 60.1. The van der Waals surface area contributed by atoms with Gasteiger partial charge in [-0.2, -0.15) is 0 Å². The van der Waals surface area contributed by atoms with Gasteiger partial charge in [-0.3, -0.25) is 0 Å². The van der Waals surface area contributed by atoms with Gasteiger partial charge >= 0.3 is 0 Å². The second kappa shape index (κ2) is 5.44. The smallest absolute Gasteiger partial charge is 0.0104 e. The van der Waals surface area contributed by atoms with Crippen LogP contribution in [0.4, 0.5) is 0 Å². The van der Waals surface area contributed by atoms with E-state index in [1.165, 1.54) is 26.1 Å². The van der Waals surface area contributed by atoms with Crippen molar-refractivity contribution >= 4 is 24.0 Å². The molecule has 0 radical (unpaired) electrons. The van der Waals surface area contributed by atoms with E-state index in [0.29, 0.717) is 0 Å². The van der Waals surface area contributed by atoms with Crippen LogP contribution in [0, 0.1) is 0 Å². The van der Waals surface area contributed by atoms with Crippen molar-refractivity contribution in [2.45, 2.75) is 6.42 Å². The Morgan fingerprint density at radius 1 is 1.22 bits per heavy atom. The first-order valence-electron chi connectivity index (χ1n) is 3.29. The minimum absolute atomic E-state index is 0. The van der Waals surface area contributed by atoms with Crippen LogP contribution in [0.5, 0.6) is 0 Å². The van der Waals surface area contributed by atoms with Gasteiger partial charge in [-0.15, -0.1) is 24.0 Å². The number of likely N-dealkylation sites (N-methyl/N-ethyl adjacent to an activating group) is 1. The van der Waals surface area contributed by atoms with E-state index in [0.717, 1.165) is 6.54 Å². The number of nitrogens with one attached hydrogen (secondary N) is 1. The molecule has 0 aliphatic carbocycles. The first-order chi connectivity index (χ1) is 3.89. The zero-order chi connectivity index (χ0) is 5.82. The summed E-state index contributed by atoms with van der Waals surface area (Å²) in [6.45, 7) is 4.83. The van der Waals surface area contributed by atoms with Gasteiger partial charge < -0.3 is 10.2 Å². The zero-order valence-electron chi connectivity index (χ0n) is 5.89. The van der Waals surface area contributed by atoms with E-state index >= 15 is 0 Å². The van der Waals surface area contributed by atoms with Gasteiger partial charge in [0.15, 0.2) is 0 Å². The van der Waals surface area contributed by atoms with Crippen molar-refractivity contribution in [3.05, 3.63) is 0 Å². The molecule has 0 amide bonds. The second-order valence-corrected chi connectivity index (χ2v) is 2.41. The maximum atomic E-state index is 3.34. The van der Waals surface area contributed by atoms with Crippen LogP contribution >= 0.6 is 24.0 Å². The molecule has 1 saturated heterocycles. The van der Waals surface area contributed by atoms with Gasteiger partial charge in [0.1, 0.15) is 0 Å². The molecule has 0 aromatic carbocycles. The minimum atomic E-state index is 0. The van der Waals surface area contributed by atoms with Crippen LogP contribution in [0.15, 0.2) is 0 Å². The van der Waals surface area contributed by atoms with E-state index in [-0.39, 0.29) is 24.0 Å². The molecule has 0 atom stereocenters. The predicted molar refractivity (Wildman–Crippen MR) is 50.4 cm³/mol. The molecular weight excluding hydrogens is 227 g/mol. The molecule has 0 aromatic rings. The predicted octanol–water partition coefficient (Wildman–Crippen LogP) is 0.529. The van der Waals surface area contributed by atoms with Gasteiger partial charge in [0.25, 0.3) is 0 Å². The van der Waals surface area contributed by atoms with Crippen molar-refractivity contribution in [3.8, 4) is 0 Å². The molecule has 1 N–H and O–H groups in total. The van der Waals surface area contributed by atoms with Crippen molar-refractivity contribution in [2.75, 3.05) is 33.2 Å². The molecule has 0 unspecified atom stereocenters. The third-order valence-electron chi connectivity index (χ3n) is 1.56. The Kier molecular flexibility index (Phi) is 5.83. The molecule has 1 aliphatic heterocycles. The summed E-state index contributed by atoms with van der Waals surface area (Å²) in [4.78, 5) is 2.36. The molecule has 1 heterocycles. The Hall–Kier alpha value is 0.650. The Labute approximate surface area is 74.0 Å². The van der Waals surface area contributed by atoms with Crippen LogP contribution in [0.2, 0.25) is 0 Å². The van der Waals surface area contributed by atoms with E-state index in [9.17, 15) is 0 Å². The first-order valence-corrected chi connectivity index (χ1v) is 3.29. The highest BCUT2D eigenvalue weighted by atomic mass is 127. The molecule has 0 bridgehead atoms. The summed E-state index contributed by atoms with van der Waals surface area (Å²) in [7, 11) is 2.17. The lowest BCUT2D eigenvalue weighted by atomic mass is 10.4. The molecule has 9 heavy (non-hydrogen) atoms. The van der Waals surface area contributed by atoms with Gasteiger partial charge in [0.2, 0.25) is 0 Å². The highest BCUT2D eigenvalue weighted by Gasteiger charge is 2.00. The van der Waals surface area contributed by atoms with Crippen molar-refractivity contribution in [2.24, 2.45) is 0 Å². The fourth-order valence-corrected chi connectivity index (χ4v) is 0.981. The summed E-state index contributed by atoms with van der Waals surface area (Å²) in [6.07, 6.45) is 1.30. The summed E-state index contributed by atoms with van der Waals surface area (Å²) in [6, 6.07) is 0. The lowest BCUT2D eigenvalue weighted by Crippen LogP contribution is -2.23. The van der Waals surface area contributed by atoms with Crippen LogP contribution < -0.4 is 5.32 Å². The second-order valence-electron chi connectivity index (χ2n) is 2.41. The Morgan fingerprint density at radius 3 is 2.78 bits per heavy atom. The topological polar surface area (TPSA) is 15.3 Å². The fraction of sp³-hybridized carbons (Fsp3) is 1.00. The van der Waals surface area contributed by atoms with Crippen LogP contribution in [-0.2, 0) is 0 Å². The lowest BCUT2D eigenvalue weighted by molar-refractivity contribution is 0.358. The highest BCUT2D eigenvalue weighted by Crippen LogP contribution is 1.88. The third kappa shape index (κ3) is 4.11. The molecule has 0 saturated carbocycles. The normalized spacial score (nSPS) is 22.3. The number of hydrogen-bond donors (Lipinski definition) is 1. The van der Waals surface area contributed by atoms with Gasteiger partial charge in [0.05, 0.1) is 0 Å². The van der Waals surface area contributed by atoms with Gasteiger partial charge in [-0.1, -0.05) is 0 Å². The quantitative estimate of drug-likeness (QED) is 0.623. The third-order valence-corrected chi connectivity index (χ3v) is 1.56. The van der Waals surface area contributed by atoms with E-state index < -0.39 is 0 Å². The summed E-state index contributed by atoms with van der Waals surface area (Å²) in [5.41, 5.74) is 0. The van der Waals surface area contributed by atoms with E-state index in [1.54, 1.807) is 0 Å². The van der Waals surface area contributed by atoms with Crippen LogP contribution in [0.1, 0.15) is 6.42 Å². The highest BCUT2D eigenvalue weighted by molar-refractivity contribution is 14.0. The molecule has 0 spiro atoms. The SMILES string of the molecule is CN1CCCNCC1.I. The maximum Gasteiger partial charge on any atom is 0.0104 e. The molecule has 1 rings (SSSR count). The Balaban J connectivity index is 0.000000640. The maximum absolute atomic E-state index is 3.34. The van der Waals surface area contributed by atoms with Crippen molar-refractivity contribution in [3.63, 3.8) is 0 Å². The zero-order valence-corrected chi connectivity index (χ0v) is 8.22. The van der Waals surface area contributed by atoms with Crippen molar-refractivity contribution < 1.29 is 0 Å². The molecule has 0 aromatic heterocycles. The molecule has 3 heteroatoms. The van der Waals surface area contributed by atoms with Crippen molar-refractivity contribution in [1.29, 1.82) is 0 Å². The summed E-state index contributed by atoms with van der Waals surface area (Å²) in [5, 5.41) is 3.34. The largest absolute Gasteiger partial charge is 0.315 e. The van der Waals surface area contributed by atoms with E-state index in [1.807, 2.05) is 0 Å². The average Bonchev–Trinajstić information content (AvgIpc) is 1.94. The van der Waals surface area contributed by atoms with Gasteiger partial charge in [-0.05, 0) is 26.6 Å². The van der Waals surface area contributed by atoms with Gasteiger partial charge in [0, 0.05) is 13.1 Å². The minimum Gasteiger partial charge on any atom is -0.315 e. The summed E-state index contributed by atoms with van der Waals surface area (Å²) in [5.74, 6) is 0. The lowest BCUT2D eigenvalue weighted by Gasteiger charge is -2.09. The average molecular weight is 242 g/mol. The Morgan fingerprint density at radius 2 is 2.00 bits per heavy atom. The molecule has 2 nitrogen and oxygen atoms in total. The monoisotopic (exact) mass is 242 g/mol. The summed E-state index contributed by atoms with van der Waals surface area (Å²) >= 11 is 0. The number of nitrogens with zero attached hydrogens (tertiary/aromatic N) is 1. The van der Waals surface area contributed by atoms with Crippen LogP contribution in [0.3, 0.4) is 0 Å². The number of rotatable bonds is 0.